The third kappa shape index (κ3) is 4.18. The molecule has 0 aromatic heterocycles. The van der Waals surface area contributed by atoms with E-state index in [2.05, 4.69) is 4.72 Å². The number of ether oxygens (including phenoxy) is 1. The molecule has 0 radical (unpaired) electrons. The van der Waals surface area contributed by atoms with E-state index in [1.165, 1.54) is 0 Å². The van der Waals surface area contributed by atoms with Gasteiger partial charge in [-0.05, 0) is 30.5 Å². The van der Waals surface area contributed by atoms with Gasteiger partial charge in [0, 0.05) is 13.1 Å². The Morgan fingerprint density at radius 2 is 2.00 bits per heavy atom. The van der Waals surface area contributed by atoms with Crippen molar-refractivity contribution in [2.24, 2.45) is 0 Å². The van der Waals surface area contributed by atoms with Gasteiger partial charge in [0.2, 0.25) is 10.0 Å². The first kappa shape index (κ1) is 15.8. The van der Waals surface area contributed by atoms with Gasteiger partial charge in [0.05, 0.1) is 11.4 Å². The maximum Gasteiger partial charge on any atom is 0.409 e. The minimum Gasteiger partial charge on any atom is -0.448 e. The Bertz CT molecular complexity index is 583. The van der Waals surface area contributed by atoms with Crippen LogP contribution >= 0.6 is 0 Å². The zero-order valence-corrected chi connectivity index (χ0v) is 12.9. The van der Waals surface area contributed by atoms with Gasteiger partial charge < -0.3 is 9.64 Å². The van der Waals surface area contributed by atoms with Crippen LogP contribution < -0.4 is 4.72 Å². The van der Waals surface area contributed by atoms with E-state index in [1.807, 2.05) is 19.1 Å². The summed E-state index contributed by atoms with van der Waals surface area (Å²) >= 11 is 0. The molecule has 1 aromatic rings. The number of cyclic esters (lactones) is 1. The first-order valence-electron chi connectivity index (χ1n) is 7.03. The van der Waals surface area contributed by atoms with E-state index >= 15 is 0 Å². The summed E-state index contributed by atoms with van der Waals surface area (Å²) in [7, 11) is -3.48. The third-order valence-electron chi connectivity index (χ3n) is 3.38. The Morgan fingerprint density at radius 1 is 1.29 bits per heavy atom. The number of carbonyl (C=O) groups excluding carboxylic acids is 1. The van der Waals surface area contributed by atoms with E-state index in [9.17, 15) is 13.2 Å². The van der Waals surface area contributed by atoms with Crippen molar-refractivity contribution < 1.29 is 17.9 Å². The molecule has 1 heterocycles. The van der Waals surface area contributed by atoms with Crippen LogP contribution in [0.2, 0.25) is 0 Å². The molecule has 6 nitrogen and oxygen atoms in total. The number of amides is 1. The Hall–Kier alpha value is -1.60. The molecular weight excluding hydrogens is 292 g/mol. The lowest BCUT2D eigenvalue weighted by Gasteiger charge is -2.12. The maximum absolute atomic E-state index is 12.1. The summed E-state index contributed by atoms with van der Waals surface area (Å²) in [5.74, 6) is 0. The summed E-state index contributed by atoms with van der Waals surface area (Å²) in [5.41, 5.74) is 1.10. The molecular formula is C14H20N2O4S. The van der Waals surface area contributed by atoms with Crippen LogP contribution in [0.15, 0.2) is 29.2 Å². The van der Waals surface area contributed by atoms with Crippen LogP contribution in [0.25, 0.3) is 0 Å². The molecule has 2 rings (SSSR count). The number of nitrogens with zero attached hydrogens (tertiary/aromatic N) is 1. The van der Waals surface area contributed by atoms with Gasteiger partial charge in [-0.2, -0.15) is 0 Å². The lowest BCUT2D eigenvalue weighted by molar-refractivity contribution is 0.158. The number of sulfonamides is 1. The van der Waals surface area contributed by atoms with Gasteiger partial charge in [-0.1, -0.05) is 19.1 Å². The normalized spacial score (nSPS) is 15.3. The van der Waals surface area contributed by atoms with Crippen LogP contribution in [-0.2, 0) is 21.2 Å². The zero-order chi connectivity index (χ0) is 15.3. The summed E-state index contributed by atoms with van der Waals surface area (Å²) in [5, 5.41) is 0. The molecule has 1 aromatic carbocycles. The highest BCUT2D eigenvalue weighted by Crippen LogP contribution is 2.11. The molecule has 0 atom stereocenters. The fourth-order valence-corrected chi connectivity index (χ4v) is 3.17. The number of hydrogen-bond donors (Lipinski definition) is 1. The van der Waals surface area contributed by atoms with Crippen LogP contribution in [0.5, 0.6) is 0 Å². The van der Waals surface area contributed by atoms with Crippen molar-refractivity contribution in [2.45, 2.75) is 24.7 Å². The Labute approximate surface area is 125 Å². The van der Waals surface area contributed by atoms with Crippen LogP contribution in [0.4, 0.5) is 4.79 Å². The van der Waals surface area contributed by atoms with Crippen LogP contribution in [0.3, 0.4) is 0 Å². The molecule has 0 unspecified atom stereocenters. The minimum absolute atomic E-state index is 0.264. The molecule has 0 spiro atoms. The SMILES string of the molecule is CCc1ccc(S(=O)(=O)NCCCN2CCOC2=O)cc1. The van der Waals surface area contributed by atoms with Crippen molar-refractivity contribution in [3.63, 3.8) is 0 Å². The number of aryl methyl sites for hydroxylation is 1. The van der Waals surface area contributed by atoms with Crippen LogP contribution in [0.1, 0.15) is 18.9 Å². The number of hydrogen-bond acceptors (Lipinski definition) is 4. The summed E-state index contributed by atoms with van der Waals surface area (Å²) < 4.78 is 31.5. The second-order valence-corrected chi connectivity index (χ2v) is 6.62. The number of benzene rings is 1. The molecule has 1 aliphatic rings. The third-order valence-corrected chi connectivity index (χ3v) is 4.86. The van der Waals surface area contributed by atoms with E-state index in [1.54, 1.807) is 17.0 Å². The van der Waals surface area contributed by atoms with Gasteiger partial charge in [-0.25, -0.2) is 17.9 Å². The van der Waals surface area contributed by atoms with Crippen LogP contribution in [0, 0.1) is 0 Å². The van der Waals surface area contributed by atoms with Gasteiger partial charge >= 0.3 is 6.09 Å². The van der Waals surface area contributed by atoms with E-state index < -0.39 is 10.0 Å². The average Bonchev–Trinajstić information content (AvgIpc) is 2.89. The number of nitrogens with one attached hydrogen (secondary N) is 1. The van der Waals surface area contributed by atoms with Crippen molar-refractivity contribution in [2.75, 3.05) is 26.2 Å². The maximum atomic E-state index is 12.1. The molecule has 1 aliphatic heterocycles. The molecule has 0 aliphatic carbocycles. The first-order valence-corrected chi connectivity index (χ1v) is 8.51. The Kier molecular flexibility index (Phi) is 5.19. The fraction of sp³-hybridized carbons (Fsp3) is 0.500. The monoisotopic (exact) mass is 312 g/mol. The summed E-state index contributed by atoms with van der Waals surface area (Å²) in [6.07, 6.45) is 1.11. The van der Waals surface area contributed by atoms with Gasteiger partial charge in [-0.15, -0.1) is 0 Å². The van der Waals surface area contributed by atoms with E-state index in [4.69, 9.17) is 4.74 Å². The second-order valence-electron chi connectivity index (χ2n) is 4.85. The Morgan fingerprint density at radius 3 is 2.57 bits per heavy atom. The fourth-order valence-electron chi connectivity index (χ4n) is 2.09. The topological polar surface area (TPSA) is 75.7 Å². The van der Waals surface area contributed by atoms with Crippen molar-refractivity contribution in [1.29, 1.82) is 0 Å². The van der Waals surface area contributed by atoms with Gasteiger partial charge in [-0.3, -0.25) is 0 Å². The lowest BCUT2D eigenvalue weighted by atomic mass is 10.2. The Balaban J connectivity index is 1.81. The van der Waals surface area contributed by atoms with E-state index in [0.29, 0.717) is 32.7 Å². The van der Waals surface area contributed by atoms with E-state index in [-0.39, 0.29) is 11.0 Å². The van der Waals surface area contributed by atoms with Gasteiger partial charge in [0.25, 0.3) is 0 Å². The van der Waals surface area contributed by atoms with Crippen molar-refractivity contribution in [3.8, 4) is 0 Å². The lowest BCUT2D eigenvalue weighted by Crippen LogP contribution is -2.30. The molecule has 116 valence electrons. The zero-order valence-electron chi connectivity index (χ0n) is 12.0. The molecule has 1 N–H and O–H groups in total. The molecule has 0 saturated carbocycles. The molecule has 21 heavy (non-hydrogen) atoms. The van der Waals surface area contributed by atoms with Crippen molar-refractivity contribution in [3.05, 3.63) is 29.8 Å². The summed E-state index contributed by atoms with van der Waals surface area (Å²) in [4.78, 5) is 13.1. The number of rotatable bonds is 7. The first-order chi connectivity index (χ1) is 10.0. The molecule has 7 heteroatoms. The molecule has 1 fully saturated rings. The number of carbonyl (C=O) groups is 1. The predicted molar refractivity (Wildman–Crippen MR) is 78.5 cm³/mol. The van der Waals surface area contributed by atoms with Crippen molar-refractivity contribution in [1.82, 2.24) is 9.62 Å². The highest BCUT2D eigenvalue weighted by atomic mass is 32.2. The van der Waals surface area contributed by atoms with Crippen molar-refractivity contribution >= 4 is 16.1 Å². The predicted octanol–water partition coefficient (Wildman–Crippen LogP) is 1.37. The molecule has 1 amide bonds. The summed E-state index contributed by atoms with van der Waals surface area (Å²) in [6, 6.07) is 6.85. The quantitative estimate of drug-likeness (QED) is 0.772. The molecule has 1 saturated heterocycles. The second kappa shape index (κ2) is 6.91. The van der Waals surface area contributed by atoms with Gasteiger partial charge in [0.1, 0.15) is 6.61 Å². The minimum atomic E-state index is -3.48. The largest absolute Gasteiger partial charge is 0.448 e. The van der Waals surface area contributed by atoms with Gasteiger partial charge in [0.15, 0.2) is 0 Å². The molecule has 0 bridgehead atoms. The highest BCUT2D eigenvalue weighted by Gasteiger charge is 2.21. The smallest absolute Gasteiger partial charge is 0.409 e. The summed E-state index contributed by atoms with van der Waals surface area (Å²) in [6.45, 7) is 3.79. The van der Waals surface area contributed by atoms with Crippen LogP contribution in [-0.4, -0.2) is 45.7 Å². The van der Waals surface area contributed by atoms with E-state index in [0.717, 1.165) is 12.0 Å². The average molecular weight is 312 g/mol. The standard InChI is InChI=1S/C14H20N2O4S/c1-2-12-4-6-13(7-5-12)21(18,19)15-8-3-9-16-10-11-20-14(16)17/h4-7,15H,2-3,8-11H2,1H3. The highest BCUT2D eigenvalue weighted by molar-refractivity contribution is 7.89.